The predicted molar refractivity (Wildman–Crippen MR) is 122 cm³/mol. The maximum absolute atomic E-state index is 12.7. The van der Waals surface area contributed by atoms with E-state index < -0.39 is 18.0 Å². The molecule has 0 aliphatic heterocycles. The first-order chi connectivity index (χ1) is 15.5. The lowest BCUT2D eigenvalue weighted by molar-refractivity contribution is -0.123. The number of anilines is 1. The van der Waals surface area contributed by atoms with E-state index in [9.17, 15) is 9.59 Å². The van der Waals surface area contributed by atoms with Crippen molar-refractivity contribution in [1.29, 1.82) is 0 Å². The number of nitrogens with zero attached hydrogens (tertiary/aromatic N) is 2. The number of pyridine rings is 1. The number of nitrogens with one attached hydrogen (secondary N) is 1. The molecule has 2 aromatic heterocycles. The fourth-order valence-electron chi connectivity index (χ4n) is 3.08. The van der Waals surface area contributed by atoms with Gasteiger partial charge in [0.05, 0.1) is 11.3 Å². The molecule has 8 heteroatoms. The second-order valence-corrected chi connectivity index (χ2v) is 8.14. The third-order valence-electron chi connectivity index (χ3n) is 4.69. The van der Waals surface area contributed by atoms with Crippen LogP contribution in [-0.2, 0) is 15.3 Å². The molecule has 4 aromatic rings. The minimum absolute atomic E-state index is 0.295. The second-order valence-electron chi connectivity index (χ2n) is 7.17. The number of amides is 1. The van der Waals surface area contributed by atoms with Gasteiger partial charge in [-0.1, -0.05) is 47.3 Å². The Kier molecular flexibility index (Phi) is 6.51. The van der Waals surface area contributed by atoms with Crippen LogP contribution in [0.3, 0.4) is 0 Å². The van der Waals surface area contributed by atoms with Crippen LogP contribution in [-0.4, -0.2) is 28.1 Å². The van der Waals surface area contributed by atoms with Crippen LogP contribution >= 0.6 is 11.8 Å². The highest BCUT2D eigenvalue weighted by Crippen LogP contribution is 2.25. The second kappa shape index (κ2) is 9.65. The Morgan fingerprint density at radius 2 is 1.91 bits per heavy atom. The molecule has 32 heavy (non-hydrogen) atoms. The molecule has 4 rings (SSSR count). The quantitative estimate of drug-likeness (QED) is 0.314. The van der Waals surface area contributed by atoms with Crippen molar-refractivity contribution in [2.75, 3.05) is 5.32 Å². The number of benzene rings is 2. The fraction of sp³-hybridized carbons (Fsp3) is 0.167. The highest BCUT2D eigenvalue weighted by atomic mass is 32.2. The Balaban J connectivity index is 1.39. The molecule has 1 unspecified atom stereocenters. The summed E-state index contributed by atoms with van der Waals surface area (Å²) in [4.78, 5) is 29.6. The summed E-state index contributed by atoms with van der Waals surface area (Å²) in [6, 6.07) is 18.6. The maximum atomic E-state index is 12.7. The van der Waals surface area contributed by atoms with Crippen molar-refractivity contribution >= 4 is 40.1 Å². The van der Waals surface area contributed by atoms with Crippen LogP contribution in [0.2, 0.25) is 0 Å². The van der Waals surface area contributed by atoms with Crippen molar-refractivity contribution in [3.63, 3.8) is 0 Å². The van der Waals surface area contributed by atoms with Crippen molar-refractivity contribution in [2.24, 2.45) is 0 Å². The SMILES string of the molecule is Cc1cc(CSc2ncccc2C(=O)OC(C)C(=O)Nc2ccc3ccccc3c2)no1. The Morgan fingerprint density at radius 3 is 2.69 bits per heavy atom. The zero-order chi connectivity index (χ0) is 22.5. The third-order valence-corrected chi connectivity index (χ3v) is 5.73. The van der Waals surface area contributed by atoms with E-state index in [-0.39, 0.29) is 0 Å². The van der Waals surface area contributed by atoms with E-state index in [4.69, 9.17) is 9.26 Å². The van der Waals surface area contributed by atoms with Crippen LogP contribution in [0.1, 0.15) is 28.7 Å². The zero-order valence-electron chi connectivity index (χ0n) is 17.6. The molecular weight excluding hydrogens is 426 g/mol. The molecule has 2 aromatic carbocycles. The van der Waals surface area contributed by atoms with Gasteiger partial charge in [0.2, 0.25) is 0 Å². The standard InChI is InChI=1S/C24H21N3O4S/c1-15-12-20(27-31-15)14-32-23-21(8-5-11-25-23)24(29)30-16(2)22(28)26-19-10-9-17-6-3-4-7-18(17)13-19/h3-13,16H,14H2,1-2H3,(H,26,28). The third kappa shape index (κ3) is 5.15. The summed E-state index contributed by atoms with van der Waals surface area (Å²) in [6.45, 7) is 3.35. The van der Waals surface area contributed by atoms with Gasteiger partial charge >= 0.3 is 5.97 Å². The number of thioether (sulfide) groups is 1. The van der Waals surface area contributed by atoms with Crippen molar-refractivity contribution in [2.45, 2.75) is 30.7 Å². The molecule has 0 aliphatic carbocycles. The lowest BCUT2D eigenvalue weighted by atomic mass is 10.1. The van der Waals surface area contributed by atoms with Gasteiger partial charge in [0.25, 0.3) is 5.91 Å². The number of carbonyl (C=O) groups is 2. The maximum Gasteiger partial charge on any atom is 0.341 e. The number of hydrogen-bond donors (Lipinski definition) is 1. The zero-order valence-corrected chi connectivity index (χ0v) is 18.4. The first kappa shape index (κ1) is 21.6. The highest BCUT2D eigenvalue weighted by molar-refractivity contribution is 7.98. The molecule has 0 saturated heterocycles. The molecule has 0 saturated carbocycles. The van der Waals surface area contributed by atoms with Gasteiger partial charge in [0.1, 0.15) is 10.8 Å². The number of carbonyl (C=O) groups excluding carboxylic acids is 2. The lowest BCUT2D eigenvalue weighted by Gasteiger charge is -2.15. The van der Waals surface area contributed by atoms with Gasteiger partial charge in [-0.15, -0.1) is 0 Å². The van der Waals surface area contributed by atoms with Crippen molar-refractivity contribution < 1.29 is 18.8 Å². The van der Waals surface area contributed by atoms with Gasteiger partial charge in [-0.3, -0.25) is 4.79 Å². The molecule has 0 radical (unpaired) electrons. The number of fused-ring (bicyclic) bond motifs is 1. The number of rotatable bonds is 7. The van der Waals surface area contributed by atoms with Crippen molar-refractivity contribution in [1.82, 2.24) is 10.1 Å². The number of aryl methyl sites for hydroxylation is 1. The van der Waals surface area contributed by atoms with E-state index in [0.29, 0.717) is 27.8 Å². The van der Waals surface area contributed by atoms with Gasteiger partial charge in [-0.25, -0.2) is 9.78 Å². The van der Waals surface area contributed by atoms with E-state index in [0.717, 1.165) is 16.5 Å². The van der Waals surface area contributed by atoms with Crippen LogP contribution in [0.4, 0.5) is 5.69 Å². The molecule has 7 nitrogen and oxygen atoms in total. The summed E-state index contributed by atoms with van der Waals surface area (Å²) in [5.74, 6) is 0.183. The fourth-order valence-corrected chi connectivity index (χ4v) is 3.94. The average molecular weight is 448 g/mol. The average Bonchev–Trinajstić information content (AvgIpc) is 3.22. The van der Waals surface area contributed by atoms with Gasteiger partial charge < -0.3 is 14.6 Å². The van der Waals surface area contributed by atoms with Crippen LogP contribution in [0.25, 0.3) is 10.8 Å². The summed E-state index contributed by atoms with van der Waals surface area (Å²) in [5.41, 5.74) is 1.68. The van der Waals surface area contributed by atoms with Gasteiger partial charge in [0, 0.05) is 23.7 Å². The summed E-state index contributed by atoms with van der Waals surface area (Å²) >= 11 is 1.35. The minimum atomic E-state index is -0.981. The molecule has 162 valence electrons. The first-order valence-corrected chi connectivity index (χ1v) is 11.0. The molecule has 0 fully saturated rings. The van der Waals surface area contributed by atoms with Crippen LogP contribution < -0.4 is 5.32 Å². The lowest BCUT2D eigenvalue weighted by Crippen LogP contribution is -2.30. The summed E-state index contributed by atoms with van der Waals surface area (Å²) in [7, 11) is 0. The van der Waals surface area contributed by atoms with E-state index >= 15 is 0 Å². The van der Waals surface area contributed by atoms with Gasteiger partial charge in [0.15, 0.2) is 6.10 Å². The first-order valence-electron chi connectivity index (χ1n) is 10.0. The molecule has 2 heterocycles. The molecule has 1 atom stereocenters. The largest absolute Gasteiger partial charge is 0.449 e. The Labute approximate surface area is 189 Å². The van der Waals surface area contributed by atoms with E-state index in [1.165, 1.54) is 18.7 Å². The van der Waals surface area contributed by atoms with Crippen LogP contribution in [0.5, 0.6) is 0 Å². The van der Waals surface area contributed by atoms with E-state index in [1.54, 1.807) is 18.3 Å². The van der Waals surface area contributed by atoms with Crippen LogP contribution in [0, 0.1) is 6.92 Å². The number of aromatic nitrogens is 2. The number of ether oxygens (including phenoxy) is 1. The van der Waals surface area contributed by atoms with Crippen molar-refractivity contribution in [3.8, 4) is 0 Å². The predicted octanol–water partition coefficient (Wildman–Crippen LogP) is 5.01. The summed E-state index contributed by atoms with van der Waals surface area (Å²) in [6.07, 6.45) is 0.619. The molecular formula is C24H21N3O4S. The highest BCUT2D eigenvalue weighted by Gasteiger charge is 2.22. The number of esters is 1. The topological polar surface area (TPSA) is 94.3 Å². The molecule has 1 N–H and O–H groups in total. The molecule has 0 spiro atoms. The molecule has 0 bridgehead atoms. The summed E-state index contributed by atoms with van der Waals surface area (Å²) in [5, 5.41) is 9.33. The van der Waals surface area contributed by atoms with Gasteiger partial charge in [-0.05, 0) is 48.9 Å². The van der Waals surface area contributed by atoms with Crippen LogP contribution in [0.15, 0.2) is 76.4 Å². The Hall–Kier alpha value is -3.65. The monoisotopic (exact) mass is 447 g/mol. The Bertz CT molecular complexity index is 1270. The number of hydrogen-bond acceptors (Lipinski definition) is 7. The van der Waals surface area contributed by atoms with E-state index in [1.807, 2.05) is 55.5 Å². The van der Waals surface area contributed by atoms with E-state index in [2.05, 4.69) is 15.5 Å². The smallest absolute Gasteiger partial charge is 0.341 e. The summed E-state index contributed by atoms with van der Waals surface area (Å²) < 4.78 is 10.5. The molecule has 1 amide bonds. The minimum Gasteiger partial charge on any atom is -0.449 e. The normalized spacial score (nSPS) is 11.8. The Morgan fingerprint density at radius 1 is 1.09 bits per heavy atom. The van der Waals surface area contributed by atoms with Gasteiger partial charge in [-0.2, -0.15) is 0 Å². The van der Waals surface area contributed by atoms with Crippen molar-refractivity contribution in [3.05, 3.63) is 83.9 Å². The molecule has 0 aliphatic rings.